The van der Waals surface area contributed by atoms with Crippen molar-refractivity contribution in [3.05, 3.63) is 112 Å². The Labute approximate surface area is 220 Å². The molecule has 0 radical (unpaired) electrons. The lowest BCUT2D eigenvalue weighted by Crippen LogP contribution is -2.30. The van der Waals surface area contributed by atoms with Crippen LogP contribution in [-0.4, -0.2) is 25.5 Å². The zero-order valence-electron chi connectivity index (χ0n) is 19.5. The molecular formula is C27H24Cl2N2O4S. The third-order valence-electron chi connectivity index (χ3n) is 5.23. The Balaban J connectivity index is 1.54. The first-order chi connectivity index (χ1) is 17.3. The van der Waals surface area contributed by atoms with Gasteiger partial charge in [0.15, 0.2) is 0 Å². The molecule has 0 fully saturated rings. The van der Waals surface area contributed by atoms with Crippen LogP contribution in [0.5, 0.6) is 5.75 Å². The average Bonchev–Trinajstić information content (AvgIpc) is 3.32. The van der Waals surface area contributed by atoms with Gasteiger partial charge in [-0.25, -0.2) is 8.42 Å². The van der Waals surface area contributed by atoms with E-state index in [0.717, 1.165) is 17.0 Å². The SMILES string of the molecule is CCOc1ccc(N=Cc2ccc(CN(Cc3ccc(Cl)cc3)S(=O)(=O)c3ccc(Cl)cc3)o2)cc1. The topological polar surface area (TPSA) is 72.1 Å². The Morgan fingerprint density at radius 2 is 1.50 bits per heavy atom. The van der Waals surface area contributed by atoms with Gasteiger partial charge in [0, 0.05) is 16.6 Å². The van der Waals surface area contributed by atoms with Gasteiger partial charge in [0.25, 0.3) is 0 Å². The van der Waals surface area contributed by atoms with E-state index in [1.165, 1.54) is 16.4 Å². The van der Waals surface area contributed by atoms with Crippen LogP contribution >= 0.6 is 23.2 Å². The van der Waals surface area contributed by atoms with E-state index in [1.807, 2.05) is 31.2 Å². The smallest absolute Gasteiger partial charge is 0.243 e. The van der Waals surface area contributed by atoms with Gasteiger partial charge in [-0.3, -0.25) is 4.99 Å². The summed E-state index contributed by atoms with van der Waals surface area (Å²) in [4.78, 5) is 4.56. The summed E-state index contributed by atoms with van der Waals surface area (Å²) in [5.41, 5.74) is 1.53. The molecule has 3 aromatic carbocycles. The second-order valence-electron chi connectivity index (χ2n) is 7.84. The van der Waals surface area contributed by atoms with E-state index in [0.29, 0.717) is 28.2 Å². The standard InChI is InChI=1S/C27H24Cl2N2O4S/c1-2-34-24-11-9-23(10-12-24)30-17-25-13-14-26(35-25)19-31(18-20-3-5-21(28)6-4-20)36(32,33)27-15-7-22(29)8-16-27/h3-17H,2,18-19H2,1H3. The van der Waals surface area contributed by atoms with Crippen molar-refractivity contribution in [2.45, 2.75) is 24.9 Å². The molecule has 0 spiro atoms. The molecule has 6 nitrogen and oxygen atoms in total. The number of hydrogen-bond donors (Lipinski definition) is 0. The molecule has 0 aliphatic rings. The molecule has 186 valence electrons. The number of halogens is 2. The maximum absolute atomic E-state index is 13.5. The van der Waals surface area contributed by atoms with E-state index in [1.54, 1.807) is 54.7 Å². The number of hydrogen-bond acceptors (Lipinski definition) is 5. The summed E-state index contributed by atoms with van der Waals surface area (Å²) in [5.74, 6) is 1.77. The van der Waals surface area contributed by atoms with Crippen LogP contribution < -0.4 is 4.74 Å². The summed E-state index contributed by atoms with van der Waals surface area (Å²) in [6, 6.07) is 24.0. The molecule has 36 heavy (non-hydrogen) atoms. The summed E-state index contributed by atoms with van der Waals surface area (Å²) >= 11 is 12.0. The van der Waals surface area contributed by atoms with Crippen molar-refractivity contribution >= 4 is 45.1 Å². The average molecular weight is 543 g/mol. The van der Waals surface area contributed by atoms with Crippen molar-refractivity contribution in [2.24, 2.45) is 4.99 Å². The molecule has 0 aliphatic heterocycles. The first-order valence-corrected chi connectivity index (χ1v) is 13.4. The summed E-state index contributed by atoms with van der Waals surface area (Å²) in [5, 5.41) is 1.04. The van der Waals surface area contributed by atoms with Gasteiger partial charge < -0.3 is 9.15 Å². The second kappa shape index (κ2) is 11.8. The maximum Gasteiger partial charge on any atom is 0.243 e. The molecule has 9 heteroatoms. The van der Waals surface area contributed by atoms with Gasteiger partial charge in [0.2, 0.25) is 10.0 Å². The quantitative estimate of drug-likeness (QED) is 0.200. The van der Waals surface area contributed by atoms with Crippen molar-refractivity contribution in [2.75, 3.05) is 6.61 Å². The summed E-state index contributed by atoms with van der Waals surface area (Å²) < 4.78 is 39.7. The fourth-order valence-electron chi connectivity index (χ4n) is 3.43. The lowest BCUT2D eigenvalue weighted by molar-refractivity contribution is 0.340. The van der Waals surface area contributed by atoms with Crippen LogP contribution in [0, 0.1) is 0 Å². The van der Waals surface area contributed by atoms with Crippen LogP contribution in [0.4, 0.5) is 5.69 Å². The first-order valence-electron chi connectivity index (χ1n) is 11.2. The van der Waals surface area contributed by atoms with Crippen molar-refractivity contribution in [1.82, 2.24) is 4.31 Å². The summed E-state index contributed by atoms with van der Waals surface area (Å²) in [6.07, 6.45) is 1.59. The molecule has 0 bridgehead atoms. The van der Waals surface area contributed by atoms with Gasteiger partial charge in [-0.1, -0.05) is 35.3 Å². The van der Waals surface area contributed by atoms with Gasteiger partial charge >= 0.3 is 0 Å². The minimum atomic E-state index is -3.84. The van der Waals surface area contributed by atoms with Gasteiger partial charge in [0.05, 0.1) is 29.9 Å². The van der Waals surface area contributed by atoms with Crippen molar-refractivity contribution in [3.8, 4) is 5.75 Å². The molecule has 0 unspecified atom stereocenters. The van der Waals surface area contributed by atoms with E-state index in [9.17, 15) is 8.42 Å². The van der Waals surface area contributed by atoms with Crippen molar-refractivity contribution in [1.29, 1.82) is 0 Å². The van der Waals surface area contributed by atoms with Crippen LogP contribution in [0.25, 0.3) is 0 Å². The highest BCUT2D eigenvalue weighted by Gasteiger charge is 2.26. The highest BCUT2D eigenvalue weighted by molar-refractivity contribution is 7.89. The van der Waals surface area contributed by atoms with Crippen LogP contribution in [0.15, 0.2) is 99.2 Å². The van der Waals surface area contributed by atoms with Crippen LogP contribution in [0.3, 0.4) is 0 Å². The van der Waals surface area contributed by atoms with Crippen molar-refractivity contribution in [3.63, 3.8) is 0 Å². The van der Waals surface area contributed by atoms with Crippen LogP contribution in [0.1, 0.15) is 24.0 Å². The van der Waals surface area contributed by atoms with Gasteiger partial charge in [-0.15, -0.1) is 0 Å². The Hall–Kier alpha value is -3.10. The molecule has 0 saturated carbocycles. The fourth-order valence-corrected chi connectivity index (χ4v) is 5.08. The highest BCUT2D eigenvalue weighted by atomic mass is 35.5. The number of nitrogens with zero attached hydrogens (tertiary/aromatic N) is 2. The molecular weight excluding hydrogens is 519 g/mol. The lowest BCUT2D eigenvalue weighted by atomic mass is 10.2. The normalized spacial score (nSPS) is 11.9. The van der Waals surface area contributed by atoms with E-state index < -0.39 is 10.0 Å². The largest absolute Gasteiger partial charge is 0.494 e. The second-order valence-corrected chi connectivity index (χ2v) is 10.7. The van der Waals surface area contributed by atoms with Gasteiger partial charge in [0.1, 0.15) is 17.3 Å². The number of ether oxygens (including phenoxy) is 1. The molecule has 4 rings (SSSR count). The zero-order chi connectivity index (χ0) is 25.5. The minimum absolute atomic E-state index is 0.0322. The number of sulfonamides is 1. The fraction of sp³-hybridized carbons (Fsp3) is 0.148. The third-order valence-corrected chi connectivity index (χ3v) is 7.54. The summed E-state index contributed by atoms with van der Waals surface area (Å²) in [7, 11) is -3.84. The molecule has 0 aliphatic carbocycles. The Morgan fingerprint density at radius 1 is 0.861 bits per heavy atom. The minimum Gasteiger partial charge on any atom is -0.494 e. The molecule has 0 saturated heterocycles. The van der Waals surface area contributed by atoms with Gasteiger partial charge in [-0.05, 0) is 85.3 Å². The number of benzene rings is 3. The Morgan fingerprint density at radius 3 is 2.14 bits per heavy atom. The number of aliphatic imine (C=N–C) groups is 1. The first kappa shape index (κ1) is 26.0. The lowest BCUT2D eigenvalue weighted by Gasteiger charge is -2.21. The molecule has 4 aromatic rings. The zero-order valence-corrected chi connectivity index (χ0v) is 21.8. The van der Waals surface area contributed by atoms with E-state index in [-0.39, 0.29) is 18.0 Å². The highest BCUT2D eigenvalue weighted by Crippen LogP contribution is 2.24. The van der Waals surface area contributed by atoms with E-state index in [2.05, 4.69) is 4.99 Å². The molecule has 0 amide bonds. The predicted molar refractivity (Wildman–Crippen MR) is 143 cm³/mol. The number of furan rings is 1. The predicted octanol–water partition coefficient (Wildman–Crippen LogP) is 7.13. The van der Waals surface area contributed by atoms with Crippen LogP contribution in [-0.2, 0) is 23.1 Å². The monoisotopic (exact) mass is 542 g/mol. The van der Waals surface area contributed by atoms with E-state index in [4.69, 9.17) is 32.4 Å². The van der Waals surface area contributed by atoms with Crippen LogP contribution in [0.2, 0.25) is 10.0 Å². The Kier molecular flexibility index (Phi) is 8.48. The molecule has 1 heterocycles. The number of rotatable bonds is 10. The third kappa shape index (κ3) is 6.77. The van der Waals surface area contributed by atoms with E-state index >= 15 is 0 Å². The Bertz CT molecular complexity index is 1420. The molecule has 0 N–H and O–H groups in total. The molecule has 1 aromatic heterocycles. The van der Waals surface area contributed by atoms with Crippen molar-refractivity contribution < 1.29 is 17.6 Å². The maximum atomic E-state index is 13.5. The summed E-state index contributed by atoms with van der Waals surface area (Å²) in [6.45, 7) is 2.70. The van der Waals surface area contributed by atoms with Gasteiger partial charge in [-0.2, -0.15) is 4.31 Å². The molecule has 0 atom stereocenters.